The molecular formula is C31H27NO. The van der Waals surface area contributed by atoms with E-state index in [9.17, 15) is 0 Å². The highest BCUT2D eigenvalue weighted by Gasteiger charge is 2.32. The fourth-order valence-electron chi connectivity index (χ4n) is 5.54. The van der Waals surface area contributed by atoms with E-state index in [-0.39, 0.29) is 6.04 Å². The lowest BCUT2D eigenvalue weighted by atomic mass is 9.78. The van der Waals surface area contributed by atoms with Crippen LogP contribution < -0.4 is 0 Å². The molecule has 0 saturated carbocycles. The minimum absolute atomic E-state index is 0.113. The Bertz CT molecular complexity index is 1430. The molecule has 3 atom stereocenters. The van der Waals surface area contributed by atoms with Gasteiger partial charge in [-0.05, 0) is 47.9 Å². The summed E-state index contributed by atoms with van der Waals surface area (Å²) in [6.45, 7) is 2.37. The van der Waals surface area contributed by atoms with Crippen molar-refractivity contribution in [3.8, 4) is 0 Å². The minimum atomic E-state index is 0.113. The predicted molar refractivity (Wildman–Crippen MR) is 137 cm³/mol. The van der Waals surface area contributed by atoms with E-state index in [4.69, 9.17) is 9.41 Å². The van der Waals surface area contributed by atoms with Crippen molar-refractivity contribution in [1.82, 2.24) is 0 Å². The van der Waals surface area contributed by atoms with Gasteiger partial charge in [0.25, 0.3) is 0 Å². The van der Waals surface area contributed by atoms with Gasteiger partial charge in [0.2, 0.25) is 0 Å². The van der Waals surface area contributed by atoms with E-state index in [1.165, 1.54) is 33.2 Å². The average molecular weight is 430 g/mol. The molecule has 1 aromatic heterocycles. The Morgan fingerprint density at radius 1 is 0.697 bits per heavy atom. The van der Waals surface area contributed by atoms with E-state index in [2.05, 4.69) is 97.9 Å². The van der Waals surface area contributed by atoms with Gasteiger partial charge in [-0.1, -0.05) is 97.9 Å². The third-order valence-corrected chi connectivity index (χ3v) is 7.20. The molecule has 2 nitrogen and oxygen atoms in total. The van der Waals surface area contributed by atoms with Crippen LogP contribution >= 0.6 is 0 Å². The number of aliphatic imine (C=N–C) groups is 1. The number of rotatable bonds is 3. The van der Waals surface area contributed by atoms with Crippen LogP contribution in [0, 0.1) is 5.92 Å². The first-order chi connectivity index (χ1) is 16.3. The summed E-state index contributed by atoms with van der Waals surface area (Å²) in [5, 5.41) is 2.35. The van der Waals surface area contributed by atoms with E-state index in [0.29, 0.717) is 11.8 Å². The molecule has 0 fully saturated rings. The molecule has 0 spiro atoms. The summed E-state index contributed by atoms with van der Waals surface area (Å²) < 4.78 is 6.18. The third-order valence-electron chi connectivity index (χ3n) is 7.20. The van der Waals surface area contributed by atoms with Gasteiger partial charge in [-0.2, -0.15) is 0 Å². The summed E-state index contributed by atoms with van der Waals surface area (Å²) in [4.78, 5) is 5.48. The van der Waals surface area contributed by atoms with Gasteiger partial charge in [-0.3, -0.25) is 4.99 Å². The van der Waals surface area contributed by atoms with Crippen molar-refractivity contribution in [1.29, 1.82) is 0 Å². The Balaban J connectivity index is 1.52. The van der Waals surface area contributed by atoms with Crippen LogP contribution in [0.5, 0.6) is 0 Å². The number of furan rings is 1. The maximum atomic E-state index is 6.18. The third kappa shape index (κ3) is 3.56. The Hall–Kier alpha value is -3.65. The first-order valence-corrected chi connectivity index (χ1v) is 11.9. The zero-order valence-electron chi connectivity index (χ0n) is 18.8. The van der Waals surface area contributed by atoms with Gasteiger partial charge >= 0.3 is 0 Å². The van der Waals surface area contributed by atoms with Gasteiger partial charge in [0, 0.05) is 22.0 Å². The highest BCUT2D eigenvalue weighted by Crippen LogP contribution is 2.43. The zero-order chi connectivity index (χ0) is 22.2. The number of fused-ring (bicyclic) bond motifs is 3. The lowest BCUT2D eigenvalue weighted by Crippen LogP contribution is -2.15. The fraction of sp³-hybridized carbons (Fsp3) is 0.194. The molecule has 4 aromatic carbocycles. The molecule has 6 rings (SSSR count). The maximum absolute atomic E-state index is 6.18. The van der Waals surface area contributed by atoms with Gasteiger partial charge in [0.1, 0.15) is 11.2 Å². The molecule has 2 heterocycles. The van der Waals surface area contributed by atoms with Gasteiger partial charge in [0.05, 0.1) is 6.04 Å². The number of hydrogen-bond acceptors (Lipinski definition) is 2. The predicted octanol–water partition coefficient (Wildman–Crippen LogP) is 8.33. The Morgan fingerprint density at radius 2 is 1.36 bits per heavy atom. The summed E-state index contributed by atoms with van der Waals surface area (Å²) in [5.74, 6) is 0.852. The molecule has 0 amide bonds. The summed E-state index contributed by atoms with van der Waals surface area (Å²) in [6, 6.07) is 36.6. The topological polar surface area (TPSA) is 25.5 Å². The zero-order valence-corrected chi connectivity index (χ0v) is 18.8. The molecule has 162 valence electrons. The monoisotopic (exact) mass is 429 g/mol. The van der Waals surface area contributed by atoms with Crippen LogP contribution in [0.4, 0.5) is 0 Å². The van der Waals surface area contributed by atoms with Crippen LogP contribution in [0.1, 0.15) is 48.4 Å². The molecule has 0 bridgehead atoms. The van der Waals surface area contributed by atoms with Gasteiger partial charge < -0.3 is 4.42 Å². The van der Waals surface area contributed by atoms with Crippen molar-refractivity contribution in [2.75, 3.05) is 0 Å². The van der Waals surface area contributed by atoms with Gasteiger partial charge in [-0.25, -0.2) is 0 Å². The average Bonchev–Trinajstić information content (AvgIpc) is 3.17. The summed E-state index contributed by atoms with van der Waals surface area (Å²) in [5.41, 5.74) is 6.96. The first-order valence-electron chi connectivity index (χ1n) is 11.9. The van der Waals surface area contributed by atoms with Crippen LogP contribution in [0.25, 0.3) is 21.9 Å². The molecular weight excluding hydrogens is 402 g/mol. The van der Waals surface area contributed by atoms with Crippen LogP contribution in [0.2, 0.25) is 0 Å². The Labute approximate surface area is 194 Å². The number of hydrogen-bond donors (Lipinski definition) is 0. The van der Waals surface area contributed by atoms with Crippen molar-refractivity contribution in [3.05, 3.63) is 120 Å². The summed E-state index contributed by atoms with van der Waals surface area (Å²) in [7, 11) is 0. The SMILES string of the molecule is C[C@H]1C(c2ccccc2)CCC(c2cccc3oc4ccccc4c23)=NC1c1ccccc1. The largest absolute Gasteiger partial charge is 0.456 e. The van der Waals surface area contributed by atoms with Crippen LogP contribution in [-0.2, 0) is 0 Å². The quantitative estimate of drug-likeness (QED) is 0.283. The van der Waals surface area contributed by atoms with Crippen molar-refractivity contribution in [3.63, 3.8) is 0 Å². The highest BCUT2D eigenvalue weighted by molar-refractivity contribution is 6.18. The second kappa shape index (κ2) is 8.37. The molecule has 2 unspecified atom stereocenters. The second-order valence-corrected chi connectivity index (χ2v) is 9.12. The van der Waals surface area contributed by atoms with Crippen molar-refractivity contribution >= 4 is 27.7 Å². The molecule has 0 N–H and O–H groups in total. The lowest BCUT2D eigenvalue weighted by molar-refractivity contribution is 0.385. The molecule has 0 aliphatic carbocycles. The van der Waals surface area contributed by atoms with E-state index >= 15 is 0 Å². The minimum Gasteiger partial charge on any atom is -0.456 e. The number of benzene rings is 4. The Morgan fingerprint density at radius 3 is 2.15 bits per heavy atom. The van der Waals surface area contributed by atoms with Gasteiger partial charge in [-0.15, -0.1) is 0 Å². The molecule has 33 heavy (non-hydrogen) atoms. The fourth-order valence-corrected chi connectivity index (χ4v) is 5.54. The highest BCUT2D eigenvalue weighted by atomic mass is 16.3. The normalized spacial score (nSPS) is 21.1. The van der Waals surface area contributed by atoms with Crippen LogP contribution in [-0.4, -0.2) is 5.71 Å². The van der Waals surface area contributed by atoms with Crippen molar-refractivity contribution < 1.29 is 4.42 Å². The Kier molecular flexibility index (Phi) is 5.07. The number of nitrogens with zero attached hydrogens (tertiary/aromatic N) is 1. The van der Waals surface area contributed by atoms with Crippen LogP contribution in [0.15, 0.2) is 113 Å². The van der Waals surface area contributed by atoms with Crippen LogP contribution in [0.3, 0.4) is 0 Å². The standard InChI is InChI=1S/C31H27NO/c1-21-24(22-11-4-2-5-12-22)19-20-27(32-31(21)23-13-6-3-7-14-23)25-16-10-18-29-30(25)26-15-8-9-17-28(26)33-29/h2-18,21,24,31H,19-20H2,1H3/t21-,24?,31?/m0/s1. The summed E-state index contributed by atoms with van der Waals surface area (Å²) in [6.07, 6.45) is 2.03. The van der Waals surface area contributed by atoms with Crippen molar-refractivity contribution in [2.24, 2.45) is 10.9 Å². The summed E-state index contributed by atoms with van der Waals surface area (Å²) >= 11 is 0. The first kappa shape index (κ1) is 20.0. The molecule has 1 aliphatic heterocycles. The lowest BCUT2D eigenvalue weighted by Gasteiger charge is -2.27. The molecule has 0 saturated heterocycles. The molecule has 2 heteroatoms. The van der Waals surface area contributed by atoms with E-state index in [1.807, 2.05) is 12.1 Å². The van der Waals surface area contributed by atoms with Gasteiger partial charge in [0.15, 0.2) is 0 Å². The van der Waals surface area contributed by atoms with E-state index < -0.39 is 0 Å². The van der Waals surface area contributed by atoms with E-state index in [0.717, 1.165) is 24.0 Å². The molecule has 0 radical (unpaired) electrons. The number of para-hydroxylation sites is 1. The molecule has 5 aromatic rings. The van der Waals surface area contributed by atoms with Crippen molar-refractivity contribution in [2.45, 2.75) is 31.7 Å². The van der Waals surface area contributed by atoms with E-state index in [1.54, 1.807) is 0 Å². The molecule has 1 aliphatic rings. The maximum Gasteiger partial charge on any atom is 0.136 e. The smallest absolute Gasteiger partial charge is 0.136 e. The second-order valence-electron chi connectivity index (χ2n) is 9.12.